The maximum absolute atomic E-state index is 12.1. The highest BCUT2D eigenvalue weighted by atomic mass is 32.2. The van der Waals surface area contributed by atoms with Gasteiger partial charge in [-0.15, -0.1) is 0 Å². The monoisotopic (exact) mass is 406 g/mol. The van der Waals surface area contributed by atoms with Crippen molar-refractivity contribution < 1.29 is 13.2 Å². The number of hydrogen-bond donors (Lipinski definition) is 3. The summed E-state index contributed by atoms with van der Waals surface area (Å²) in [6, 6.07) is 9.36. The maximum atomic E-state index is 12.1. The molecule has 1 aromatic heterocycles. The second-order valence-electron chi connectivity index (χ2n) is 6.50. The van der Waals surface area contributed by atoms with Gasteiger partial charge < -0.3 is 15.4 Å². The lowest BCUT2D eigenvalue weighted by molar-refractivity contribution is 0.415. The Morgan fingerprint density at radius 3 is 2.50 bits per heavy atom. The zero-order valence-corrected chi connectivity index (χ0v) is 16.9. The van der Waals surface area contributed by atoms with Crippen molar-refractivity contribution in [3.05, 3.63) is 36.0 Å². The SMILES string of the molecule is COc1ccc(Nc2cc(C)nc(NCCNS(=O)(=O)N3CCCC3)n2)cc1. The molecule has 3 rings (SSSR count). The Hall–Kier alpha value is -2.43. The van der Waals surface area contributed by atoms with E-state index in [-0.39, 0.29) is 6.54 Å². The minimum Gasteiger partial charge on any atom is -0.497 e. The van der Waals surface area contributed by atoms with Crippen LogP contribution >= 0.6 is 0 Å². The molecule has 1 aromatic carbocycles. The van der Waals surface area contributed by atoms with Crippen LogP contribution in [0.1, 0.15) is 18.5 Å². The average molecular weight is 407 g/mol. The highest BCUT2D eigenvalue weighted by molar-refractivity contribution is 7.87. The maximum Gasteiger partial charge on any atom is 0.279 e. The molecule has 0 spiro atoms. The lowest BCUT2D eigenvalue weighted by atomic mass is 10.3. The molecule has 0 unspecified atom stereocenters. The van der Waals surface area contributed by atoms with E-state index in [1.807, 2.05) is 37.3 Å². The zero-order valence-electron chi connectivity index (χ0n) is 16.1. The van der Waals surface area contributed by atoms with Crippen molar-refractivity contribution in [2.75, 3.05) is 43.9 Å². The summed E-state index contributed by atoms with van der Waals surface area (Å²) in [5.74, 6) is 1.87. The zero-order chi connectivity index (χ0) is 20.0. The Morgan fingerprint density at radius 2 is 1.82 bits per heavy atom. The molecule has 10 heteroatoms. The van der Waals surface area contributed by atoms with Gasteiger partial charge in [-0.25, -0.2) is 9.71 Å². The topological polar surface area (TPSA) is 108 Å². The molecular formula is C18H26N6O3S. The molecule has 1 fully saturated rings. The molecule has 3 N–H and O–H groups in total. The van der Waals surface area contributed by atoms with Crippen molar-refractivity contribution in [2.45, 2.75) is 19.8 Å². The minimum atomic E-state index is -3.40. The number of aromatic nitrogens is 2. The van der Waals surface area contributed by atoms with Crippen molar-refractivity contribution >= 4 is 27.7 Å². The van der Waals surface area contributed by atoms with Crippen LogP contribution in [0.3, 0.4) is 0 Å². The van der Waals surface area contributed by atoms with Crippen LogP contribution in [0, 0.1) is 6.92 Å². The quantitative estimate of drug-likeness (QED) is 0.546. The Morgan fingerprint density at radius 1 is 1.11 bits per heavy atom. The van der Waals surface area contributed by atoms with Crippen molar-refractivity contribution in [3.8, 4) is 5.75 Å². The van der Waals surface area contributed by atoms with Crippen LogP contribution < -0.4 is 20.1 Å². The predicted octanol–water partition coefficient (Wildman–Crippen LogP) is 1.88. The summed E-state index contributed by atoms with van der Waals surface area (Å²) in [5, 5.41) is 6.29. The number of anilines is 3. The molecule has 1 aliphatic rings. The number of nitrogens with zero attached hydrogens (tertiary/aromatic N) is 3. The van der Waals surface area contributed by atoms with E-state index in [0.29, 0.717) is 31.4 Å². The Labute approximate surface area is 165 Å². The number of hydrogen-bond acceptors (Lipinski definition) is 7. The third-order valence-electron chi connectivity index (χ3n) is 4.31. The summed E-state index contributed by atoms with van der Waals surface area (Å²) in [6.07, 6.45) is 1.83. The van der Waals surface area contributed by atoms with Crippen molar-refractivity contribution in [1.82, 2.24) is 19.0 Å². The lowest BCUT2D eigenvalue weighted by Gasteiger charge is -2.16. The van der Waals surface area contributed by atoms with Crippen molar-refractivity contribution in [2.24, 2.45) is 0 Å². The molecule has 0 atom stereocenters. The predicted molar refractivity (Wildman–Crippen MR) is 109 cm³/mol. The molecule has 28 heavy (non-hydrogen) atoms. The van der Waals surface area contributed by atoms with Crippen molar-refractivity contribution in [1.29, 1.82) is 0 Å². The van der Waals surface area contributed by atoms with Crippen LogP contribution in [0.5, 0.6) is 5.75 Å². The fourth-order valence-corrected chi connectivity index (χ4v) is 4.19. The summed E-state index contributed by atoms with van der Waals surface area (Å²) in [5.41, 5.74) is 1.68. The van der Waals surface area contributed by atoms with E-state index in [1.54, 1.807) is 7.11 Å². The van der Waals surface area contributed by atoms with Crippen LogP contribution in [0.25, 0.3) is 0 Å². The molecule has 2 heterocycles. The van der Waals surface area contributed by atoms with E-state index in [9.17, 15) is 8.42 Å². The summed E-state index contributed by atoms with van der Waals surface area (Å²) >= 11 is 0. The highest BCUT2D eigenvalue weighted by Gasteiger charge is 2.24. The molecule has 0 saturated carbocycles. The number of methoxy groups -OCH3 is 1. The van der Waals surface area contributed by atoms with Crippen LogP contribution in [0.15, 0.2) is 30.3 Å². The van der Waals surface area contributed by atoms with E-state index in [1.165, 1.54) is 4.31 Å². The highest BCUT2D eigenvalue weighted by Crippen LogP contribution is 2.20. The van der Waals surface area contributed by atoms with Gasteiger partial charge in [-0.1, -0.05) is 0 Å². The third-order valence-corrected chi connectivity index (χ3v) is 5.93. The molecule has 2 aromatic rings. The first-order chi connectivity index (χ1) is 13.5. The number of benzene rings is 1. The second kappa shape index (κ2) is 9.18. The molecule has 0 bridgehead atoms. The molecule has 0 radical (unpaired) electrons. The van der Waals surface area contributed by atoms with Crippen molar-refractivity contribution in [3.63, 3.8) is 0 Å². The largest absolute Gasteiger partial charge is 0.497 e. The van der Waals surface area contributed by atoms with E-state index < -0.39 is 10.2 Å². The summed E-state index contributed by atoms with van der Waals surface area (Å²) in [4.78, 5) is 8.78. The van der Waals surface area contributed by atoms with Gasteiger partial charge in [0.15, 0.2) is 0 Å². The second-order valence-corrected chi connectivity index (χ2v) is 8.26. The van der Waals surface area contributed by atoms with Gasteiger partial charge in [0.2, 0.25) is 5.95 Å². The fourth-order valence-electron chi connectivity index (χ4n) is 2.91. The normalized spacial score (nSPS) is 14.8. The first-order valence-electron chi connectivity index (χ1n) is 9.22. The van der Waals surface area contributed by atoms with Gasteiger partial charge in [-0.2, -0.15) is 17.7 Å². The summed E-state index contributed by atoms with van der Waals surface area (Å²) in [6.45, 7) is 3.70. The number of rotatable bonds is 9. The Bertz CT molecular complexity index is 883. The average Bonchev–Trinajstić information content (AvgIpc) is 3.21. The molecule has 9 nitrogen and oxygen atoms in total. The van der Waals surface area contributed by atoms with E-state index >= 15 is 0 Å². The van der Waals surface area contributed by atoms with Gasteiger partial charge in [-0.3, -0.25) is 0 Å². The van der Waals surface area contributed by atoms with Crippen LogP contribution in [-0.2, 0) is 10.2 Å². The Balaban J connectivity index is 1.54. The molecule has 152 valence electrons. The van der Waals surface area contributed by atoms with E-state index in [0.717, 1.165) is 30.0 Å². The van der Waals surface area contributed by atoms with Gasteiger partial charge in [0.05, 0.1) is 7.11 Å². The standard InChI is InChI=1S/C18H26N6O3S/c1-14-13-17(22-15-5-7-16(27-2)8-6-15)23-18(21-14)19-9-10-20-28(25,26)24-11-3-4-12-24/h5-8,13,20H,3-4,9-12H2,1-2H3,(H2,19,21,22,23). The molecular weight excluding hydrogens is 380 g/mol. The van der Waals surface area contributed by atoms with Crippen LogP contribution in [-0.4, -0.2) is 56.0 Å². The van der Waals surface area contributed by atoms with Gasteiger partial charge in [0.25, 0.3) is 10.2 Å². The molecule has 0 amide bonds. The fraction of sp³-hybridized carbons (Fsp3) is 0.444. The van der Waals surface area contributed by atoms with Crippen LogP contribution in [0.2, 0.25) is 0 Å². The number of ether oxygens (including phenoxy) is 1. The Kier molecular flexibility index (Phi) is 6.65. The van der Waals surface area contributed by atoms with Gasteiger partial charge in [-0.05, 0) is 44.0 Å². The summed E-state index contributed by atoms with van der Waals surface area (Å²) in [7, 11) is -1.77. The first kappa shape index (κ1) is 20.3. The summed E-state index contributed by atoms with van der Waals surface area (Å²) < 4.78 is 33.5. The molecule has 1 aliphatic heterocycles. The van der Waals surface area contributed by atoms with Gasteiger partial charge >= 0.3 is 0 Å². The number of nitrogens with one attached hydrogen (secondary N) is 3. The van der Waals surface area contributed by atoms with E-state index in [4.69, 9.17) is 4.74 Å². The smallest absolute Gasteiger partial charge is 0.279 e. The lowest BCUT2D eigenvalue weighted by Crippen LogP contribution is -2.40. The minimum absolute atomic E-state index is 0.261. The molecule has 0 aliphatic carbocycles. The van der Waals surface area contributed by atoms with Crippen LogP contribution in [0.4, 0.5) is 17.5 Å². The van der Waals surface area contributed by atoms with E-state index in [2.05, 4.69) is 25.3 Å². The number of aryl methyl sites for hydroxylation is 1. The van der Waals surface area contributed by atoms with Gasteiger partial charge in [0, 0.05) is 43.6 Å². The molecule has 1 saturated heterocycles. The third kappa shape index (κ3) is 5.54. The first-order valence-corrected chi connectivity index (χ1v) is 10.7. The van der Waals surface area contributed by atoms with Gasteiger partial charge in [0.1, 0.15) is 11.6 Å².